The first-order valence-electron chi connectivity index (χ1n) is 7.34. The summed E-state index contributed by atoms with van der Waals surface area (Å²) in [6.45, 7) is 6.74. The summed E-state index contributed by atoms with van der Waals surface area (Å²) in [4.78, 5) is 9.52. The van der Waals surface area contributed by atoms with Crippen LogP contribution in [-0.2, 0) is 0 Å². The maximum Gasteiger partial charge on any atom is 0.0793 e. The third-order valence-corrected chi connectivity index (χ3v) is 4.57. The van der Waals surface area contributed by atoms with Crippen LogP contribution in [0.1, 0.15) is 39.5 Å². The van der Waals surface area contributed by atoms with Gasteiger partial charge < -0.3 is 9.80 Å². The van der Waals surface area contributed by atoms with Gasteiger partial charge in [0, 0.05) is 31.4 Å². The van der Waals surface area contributed by atoms with Gasteiger partial charge in [0.2, 0.25) is 0 Å². The molecule has 0 N–H and O–H groups in total. The van der Waals surface area contributed by atoms with Crippen molar-refractivity contribution >= 4 is 11.4 Å². The molecule has 1 aliphatic heterocycles. The lowest BCUT2D eigenvalue weighted by Crippen LogP contribution is -2.57. The van der Waals surface area contributed by atoms with Gasteiger partial charge in [-0.15, -0.1) is 0 Å². The average molecular weight is 245 g/mol. The van der Waals surface area contributed by atoms with Crippen LogP contribution in [0.3, 0.4) is 0 Å². The van der Waals surface area contributed by atoms with Crippen molar-refractivity contribution in [1.29, 1.82) is 0 Å². The fourth-order valence-electron chi connectivity index (χ4n) is 3.83. The Morgan fingerprint density at radius 2 is 1.67 bits per heavy atom. The van der Waals surface area contributed by atoms with Gasteiger partial charge in [-0.1, -0.05) is 12.8 Å². The number of anilines is 2. The van der Waals surface area contributed by atoms with Gasteiger partial charge in [-0.3, -0.25) is 4.98 Å². The van der Waals surface area contributed by atoms with Crippen LogP contribution in [0, 0.1) is 0 Å². The van der Waals surface area contributed by atoms with Crippen molar-refractivity contribution in [3.05, 3.63) is 18.5 Å². The molecule has 1 fully saturated rings. The molecule has 0 aromatic carbocycles. The minimum atomic E-state index is 0.695. The molecule has 2 heterocycles. The number of pyridine rings is 1. The molecular weight excluding hydrogens is 222 g/mol. The largest absolute Gasteiger partial charge is 0.365 e. The van der Waals surface area contributed by atoms with Crippen LogP contribution in [0.5, 0.6) is 0 Å². The number of hydrogen-bond acceptors (Lipinski definition) is 3. The van der Waals surface area contributed by atoms with Crippen LogP contribution in [0.4, 0.5) is 11.4 Å². The molecule has 1 saturated carbocycles. The zero-order chi connectivity index (χ0) is 12.5. The molecule has 1 aromatic heterocycles. The van der Waals surface area contributed by atoms with Crippen molar-refractivity contribution < 1.29 is 0 Å². The molecule has 3 rings (SSSR count). The summed E-state index contributed by atoms with van der Waals surface area (Å²) in [7, 11) is 0. The zero-order valence-corrected chi connectivity index (χ0v) is 11.5. The Kier molecular flexibility index (Phi) is 3.14. The molecule has 1 aromatic rings. The van der Waals surface area contributed by atoms with Crippen molar-refractivity contribution in [2.45, 2.75) is 51.6 Å². The van der Waals surface area contributed by atoms with E-state index in [1.807, 2.05) is 12.4 Å². The molecule has 0 saturated heterocycles. The number of aromatic nitrogens is 1. The molecule has 3 nitrogen and oxygen atoms in total. The third-order valence-electron chi connectivity index (χ3n) is 4.57. The summed E-state index contributed by atoms with van der Waals surface area (Å²) < 4.78 is 0. The first kappa shape index (κ1) is 11.8. The van der Waals surface area contributed by atoms with Crippen molar-refractivity contribution in [3.8, 4) is 0 Å². The predicted octanol–water partition coefficient (Wildman–Crippen LogP) is 3.06. The van der Waals surface area contributed by atoms with E-state index in [-0.39, 0.29) is 0 Å². The Labute approximate surface area is 110 Å². The van der Waals surface area contributed by atoms with Crippen molar-refractivity contribution in [1.82, 2.24) is 4.98 Å². The molecule has 0 radical (unpaired) electrons. The highest BCUT2D eigenvalue weighted by Crippen LogP contribution is 2.41. The summed E-state index contributed by atoms with van der Waals surface area (Å²) in [5, 5.41) is 0. The molecule has 0 amide bonds. The van der Waals surface area contributed by atoms with Crippen LogP contribution in [-0.4, -0.2) is 30.2 Å². The minimum Gasteiger partial charge on any atom is -0.365 e. The second-order valence-electron chi connectivity index (χ2n) is 5.36. The number of hydrogen-bond donors (Lipinski definition) is 0. The van der Waals surface area contributed by atoms with E-state index in [4.69, 9.17) is 0 Å². The van der Waals surface area contributed by atoms with E-state index in [2.05, 4.69) is 34.7 Å². The van der Waals surface area contributed by atoms with Gasteiger partial charge in [0.15, 0.2) is 0 Å². The maximum atomic E-state index is 4.33. The van der Waals surface area contributed by atoms with Gasteiger partial charge in [-0.25, -0.2) is 0 Å². The second kappa shape index (κ2) is 4.79. The van der Waals surface area contributed by atoms with E-state index < -0.39 is 0 Å². The lowest BCUT2D eigenvalue weighted by Gasteiger charge is -2.51. The number of likely N-dealkylation sites (N-methyl/N-ethyl adjacent to an activating group) is 2. The normalized spacial score (nSPS) is 26.8. The van der Waals surface area contributed by atoms with Gasteiger partial charge in [0.05, 0.1) is 17.6 Å². The monoisotopic (exact) mass is 245 g/mol. The van der Waals surface area contributed by atoms with Gasteiger partial charge in [0.25, 0.3) is 0 Å². The quantitative estimate of drug-likeness (QED) is 0.798. The molecule has 0 spiro atoms. The predicted molar refractivity (Wildman–Crippen MR) is 76.3 cm³/mol. The van der Waals surface area contributed by atoms with Crippen LogP contribution < -0.4 is 9.80 Å². The lowest BCUT2D eigenvalue weighted by molar-refractivity contribution is 0.339. The Bertz CT molecular complexity index is 379. The van der Waals surface area contributed by atoms with Crippen molar-refractivity contribution in [2.24, 2.45) is 0 Å². The molecule has 2 aliphatic rings. The van der Waals surface area contributed by atoms with E-state index in [1.54, 1.807) is 0 Å². The SMILES string of the molecule is CCN1c2cnccc2N(CC)[C@H]2CCCC[C@H]21. The molecule has 0 bridgehead atoms. The highest BCUT2D eigenvalue weighted by atomic mass is 15.3. The summed E-state index contributed by atoms with van der Waals surface area (Å²) >= 11 is 0. The molecule has 1 aliphatic carbocycles. The number of rotatable bonds is 2. The molecule has 0 unspecified atom stereocenters. The van der Waals surface area contributed by atoms with Gasteiger partial charge >= 0.3 is 0 Å². The van der Waals surface area contributed by atoms with Crippen molar-refractivity contribution in [3.63, 3.8) is 0 Å². The summed E-state index contributed by atoms with van der Waals surface area (Å²) in [5.74, 6) is 0. The Balaban J connectivity index is 2.07. The number of fused-ring (bicyclic) bond motifs is 2. The zero-order valence-electron chi connectivity index (χ0n) is 11.5. The molecule has 2 atom stereocenters. The second-order valence-corrected chi connectivity index (χ2v) is 5.36. The summed E-state index contributed by atoms with van der Waals surface area (Å²) in [5.41, 5.74) is 2.72. The Hall–Kier alpha value is -1.25. The van der Waals surface area contributed by atoms with E-state index in [1.165, 1.54) is 37.1 Å². The molecule has 18 heavy (non-hydrogen) atoms. The molecular formula is C15H23N3. The lowest BCUT2D eigenvalue weighted by atomic mass is 9.85. The van der Waals surface area contributed by atoms with Gasteiger partial charge in [-0.05, 0) is 32.8 Å². The van der Waals surface area contributed by atoms with Gasteiger partial charge in [0.1, 0.15) is 0 Å². The number of nitrogens with zero attached hydrogens (tertiary/aromatic N) is 3. The maximum absolute atomic E-state index is 4.33. The van der Waals surface area contributed by atoms with Crippen molar-refractivity contribution in [2.75, 3.05) is 22.9 Å². The third kappa shape index (κ3) is 1.68. The van der Waals surface area contributed by atoms with Gasteiger partial charge in [-0.2, -0.15) is 0 Å². The standard InChI is InChI=1S/C15H23N3/c1-3-17-12-7-5-6-8-13(12)18(4-2)15-11-16-10-9-14(15)17/h9-13H,3-8H2,1-2H3/t12-,13+/m0/s1. The first-order chi connectivity index (χ1) is 8.86. The van der Waals surface area contributed by atoms with E-state index >= 15 is 0 Å². The molecule has 3 heteroatoms. The molecule has 98 valence electrons. The highest BCUT2D eigenvalue weighted by molar-refractivity contribution is 5.73. The minimum absolute atomic E-state index is 0.695. The fraction of sp³-hybridized carbons (Fsp3) is 0.667. The first-order valence-corrected chi connectivity index (χ1v) is 7.34. The highest BCUT2D eigenvalue weighted by Gasteiger charge is 2.39. The Morgan fingerprint density at radius 1 is 1.06 bits per heavy atom. The van der Waals surface area contributed by atoms with E-state index in [0.29, 0.717) is 12.1 Å². The fourth-order valence-corrected chi connectivity index (χ4v) is 3.83. The summed E-state index contributed by atoms with van der Waals surface area (Å²) in [6, 6.07) is 3.59. The smallest absolute Gasteiger partial charge is 0.0793 e. The van der Waals surface area contributed by atoms with Crippen LogP contribution >= 0.6 is 0 Å². The van der Waals surface area contributed by atoms with E-state index in [0.717, 1.165) is 13.1 Å². The Morgan fingerprint density at radius 3 is 2.28 bits per heavy atom. The van der Waals surface area contributed by atoms with E-state index in [9.17, 15) is 0 Å². The van der Waals surface area contributed by atoms with Crippen LogP contribution in [0.2, 0.25) is 0 Å². The summed E-state index contributed by atoms with van der Waals surface area (Å²) in [6.07, 6.45) is 9.42. The average Bonchev–Trinajstić information content (AvgIpc) is 2.44. The topological polar surface area (TPSA) is 19.4 Å². The van der Waals surface area contributed by atoms with Crippen LogP contribution in [0.25, 0.3) is 0 Å². The van der Waals surface area contributed by atoms with Crippen LogP contribution in [0.15, 0.2) is 18.5 Å².